The molecule has 5 nitrogen and oxygen atoms in total. The van der Waals surface area contributed by atoms with E-state index in [1.165, 1.54) is 12.8 Å². The summed E-state index contributed by atoms with van der Waals surface area (Å²) < 4.78 is 5.76. The van der Waals surface area contributed by atoms with Gasteiger partial charge in [0.15, 0.2) is 0 Å². The van der Waals surface area contributed by atoms with E-state index in [2.05, 4.69) is 21.9 Å². The Labute approximate surface area is 130 Å². The molecule has 2 heterocycles. The van der Waals surface area contributed by atoms with E-state index in [0.717, 1.165) is 43.9 Å². The molecule has 0 radical (unpaired) electrons. The maximum atomic E-state index is 12.0. The van der Waals surface area contributed by atoms with Gasteiger partial charge in [-0.25, -0.2) is 4.98 Å². The van der Waals surface area contributed by atoms with Crippen LogP contribution in [0, 0.1) is 0 Å². The van der Waals surface area contributed by atoms with Crippen LogP contribution in [-0.2, 0) is 11.2 Å². The number of para-hydroxylation sites is 1. The van der Waals surface area contributed by atoms with Crippen LogP contribution >= 0.6 is 0 Å². The van der Waals surface area contributed by atoms with Gasteiger partial charge in [0, 0.05) is 26.1 Å². The Bertz CT molecular complexity index is 677. The van der Waals surface area contributed by atoms with E-state index in [0.29, 0.717) is 11.5 Å². The number of hydrogen-bond donors (Lipinski definition) is 1. The first kappa shape index (κ1) is 15.2. The standard InChI is InChI=1S/C17H23N3O2/c1-20(12-13-6-4-5-11-22-13)10-9-16-18-15-8-3-2-7-14(15)17(21)19-16/h2-3,7-8,13H,4-6,9-12H2,1H3,(H,18,19,21)/t13-/m0/s1. The van der Waals surface area contributed by atoms with Crippen molar-refractivity contribution in [2.24, 2.45) is 0 Å². The molecule has 0 amide bonds. The molecule has 0 aliphatic carbocycles. The first-order valence-electron chi connectivity index (χ1n) is 8.00. The SMILES string of the molecule is CN(CCc1nc2ccccc2c(=O)[nH]1)C[C@@H]1CCCCO1. The number of likely N-dealkylation sites (N-methyl/N-ethyl adjacent to an activating group) is 1. The van der Waals surface area contributed by atoms with Crippen LogP contribution in [0.1, 0.15) is 25.1 Å². The predicted octanol–water partition coefficient (Wildman–Crippen LogP) is 1.97. The van der Waals surface area contributed by atoms with Crippen molar-refractivity contribution in [1.29, 1.82) is 0 Å². The third-order valence-corrected chi connectivity index (χ3v) is 4.18. The fraction of sp³-hybridized carbons (Fsp3) is 0.529. The number of aromatic nitrogens is 2. The highest BCUT2D eigenvalue weighted by Gasteiger charge is 2.15. The van der Waals surface area contributed by atoms with E-state index in [1.54, 1.807) is 6.07 Å². The van der Waals surface area contributed by atoms with E-state index >= 15 is 0 Å². The molecule has 5 heteroatoms. The van der Waals surface area contributed by atoms with Crippen LogP contribution in [0.15, 0.2) is 29.1 Å². The zero-order valence-corrected chi connectivity index (χ0v) is 13.0. The highest BCUT2D eigenvalue weighted by atomic mass is 16.5. The second kappa shape index (κ2) is 7.03. The van der Waals surface area contributed by atoms with E-state index in [4.69, 9.17) is 4.74 Å². The van der Waals surface area contributed by atoms with Gasteiger partial charge in [0.25, 0.3) is 5.56 Å². The second-order valence-corrected chi connectivity index (χ2v) is 6.03. The van der Waals surface area contributed by atoms with Crippen LogP contribution in [0.25, 0.3) is 10.9 Å². The topological polar surface area (TPSA) is 58.2 Å². The lowest BCUT2D eigenvalue weighted by molar-refractivity contribution is -0.00131. The molecule has 22 heavy (non-hydrogen) atoms. The summed E-state index contributed by atoms with van der Waals surface area (Å²) in [6.07, 6.45) is 4.68. The molecule has 0 bridgehead atoms. The van der Waals surface area contributed by atoms with Crippen LogP contribution in [0.4, 0.5) is 0 Å². The molecule has 1 atom stereocenters. The Kier molecular flexibility index (Phi) is 4.85. The van der Waals surface area contributed by atoms with Gasteiger partial charge in [-0.05, 0) is 38.4 Å². The van der Waals surface area contributed by atoms with Gasteiger partial charge in [-0.15, -0.1) is 0 Å². The van der Waals surface area contributed by atoms with E-state index in [1.807, 2.05) is 18.2 Å². The van der Waals surface area contributed by atoms with Crippen molar-refractivity contribution >= 4 is 10.9 Å². The summed E-state index contributed by atoms with van der Waals surface area (Å²) in [6.45, 7) is 2.69. The van der Waals surface area contributed by atoms with E-state index in [-0.39, 0.29) is 5.56 Å². The Morgan fingerprint density at radius 2 is 2.23 bits per heavy atom. The highest BCUT2D eigenvalue weighted by molar-refractivity contribution is 5.77. The Morgan fingerprint density at radius 3 is 3.05 bits per heavy atom. The summed E-state index contributed by atoms with van der Waals surface area (Å²) in [4.78, 5) is 21.7. The summed E-state index contributed by atoms with van der Waals surface area (Å²) in [5, 5.41) is 0.648. The molecular weight excluding hydrogens is 278 g/mol. The fourth-order valence-corrected chi connectivity index (χ4v) is 2.94. The molecule has 0 spiro atoms. The molecule has 1 saturated heterocycles. The maximum Gasteiger partial charge on any atom is 0.258 e. The Hall–Kier alpha value is -1.72. The minimum Gasteiger partial charge on any atom is -0.377 e. The number of rotatable bonds is 5. The van der Waals surface area contributed by atoms with Crippen LogP contribution in [0.5, 0.6) is 0 Å². The van der Waals surface area contributed by atoms with Crippen molar-refractivity contribution in [3.05, 3.63) is 40.4 Å². The largest absolute Gasteiger partial charge is 0.377 e. The van der Waals surface area contributed by atoms with Gasteiger partial charge in [-0.2, -0.15) is 0 Å². The number of H-pyrrole nitrogens is 1. The van der Waals surface area contributed by atoms with Crippen molar-refractivity contribution in [2.45, 2.75) is 31.8 Å². The van der Waals surface area contributed by atoms with Crippen LogP contribution in [0.3, 0.4) is 0 Å². The fourth-order valence-electron chi connectivity index (χ4n) is 2.94. The van der Waals surface area contributed by atoms with Crippen LogP contribution in [-0.4, -0.2) is 47.7 Å². The molecule has 1 N–H and O–H groups in total. The number of ether oxygens (including phenoxy) is 1. The van der Waals surface area contributed by atoms with Crippen molar-refractivity contribution in [3.8, 4) is 0 Å². The third kappa shape index (κ3) is 3.72. The average molecular weight is 301 g/mol. The minimum absolute atomic E-state index is 0.0566. The van der Waals surface area contributed by atoms with Gasteiger partial charge in [0.1, 0.15) is 5.82 Å². The summed E-state index contributed by atoms with van der Waals surface area (Å²) in [6, 6.07) is 7.45. The molecular formula is C17H23N3O2. The number of nitrogens with one attached hydrogen (secondary N) is 1. The smallest absolute Gasteiger partial charge is 0.258 e. The molecule has 1 aromatic carbocycles. The summed E-state index contributed by atoms with van der Waals surface area (Å²) in [5.41, 5.74) is 0.707. The molecule has 1 fully saturated rings. The van der Waals surface area contributed by atoms with Crippen molar-refractivity contribution < 1.29 is 4.74 Å². The first-order chi connectivity index (χ1) is 10.7. The summed E-state index contributed by atoms with van der Waals surface area (Å²) in [7, 11) is 2.09. The number of benzene rings is 1. The van der Waals surface area contributed by atoms with Crippen LogP contribution in [0.2, 0.25) is 0 Å². The molecule has 0 saturated carbocycles. The quantitative estimate of drug-likeness (QED) is 0.917. The Balaban J connectivity index is 1.60. The predicted molar refractivity (Wildman–Crippen MR) is 87.2 cm³/mol. The van der Waals surface area contributed by atoms with E-state index in [9.17, 15) is 4.79 Å². The molecule has 1 aliphatic heterocycles. The molecule has 1 aliphatic rings. The molecule has 118 valence electrons. The zero-order chi connectivity index (χ0) is 15.4. The van der Waals surface area contributed by atoms with Crippen molar-refractivity contribution in [3.63, 3.8) is 0 Å². The zero-order valence-electron chi connectivity index (χ0n) is 13.0. The van der Waals surface area contributed by atoms with Gasteiger partial charge < -0.3 is 14.6 Å². The lowest BCUT2D eigenvalue weighted by Crippen LogP contribution is -2.34. The molecule has 3 rings (SSSR count). The molecule has 1 aromatic heterocycles. The van der Waals surface area contributed by atoms with Crippen molar-refractivity contribution in [1.82, 2.24) is 14.9 Å². The van der Waals surface area contributed by atoms with Gasteiger partial charge in [-0.3, -0.25) is 4.79 Å². The number of aromatic amines is 1. The first-order valence-corrected chi connectivity index (χ1v) is 8.00. The molecule has 0 unspecified atom stereocenters. The maximum absolute atomic E-state index is 12.0. The minimum atomic E-state index is -0.0566. The highest BCUT2D eigenvalue weighted by Crippen LogP contribution is 2.13. The van der Waals surface area contributed by atoms with Gasteiger partial charge in [0.05, 0.1) is 17.0 Å². The lowest BCUT2D eigenvalue weighted by atomic mass is 10.1. The lowest BCUT2D eigenvalue weighted by Gasteiger charge is -2.27. The third-order valence-electron chi connectivity index (χ3n) is 4.18. The number of hydrogen-bond acceptors (Lipinski definition) is 4. The van der Waals surface area contributed by atoms with Crippen LogP contribution < -0.4 is 5.56 Å². The van der Waals surface area contributed by atoms with Gasteiger partial charge in [0.2, 0.25) is 0 Å². The normalized spacial score (nSPS) is 18.9. The molecule has 2 aromatic rings. The van der Waals surface area contributed by atoms with Gasteiger partial charge in [-0.1, -0.05) is 12.1 Å². The van der Waals surface area contributed by atoms with E-state index < -0.39 is 0 Å². The monoisotopic (exact) mass is 301 g/mol. The summed E-state index contributed by atoms with van der Waals surface area (Å²) in [5.74, 6) is 0.750. The van der Waals surface area contributed by atoms with Crippen molar-refractivity contribution in [2.75, 3.05) is 26.7 Å². The second-order valence-electron chi connectivity index (χ2n) is 6.03. The van der Waals surface area contributed by atoms with Gasteiger partial charge >= 0.3 is 0 Å². The average Bonchev–Trinajstić information content (AvgIpc) is 2.54. The number of fused-ring (bicyclic) bond motifs is 1. The summed E-state index contributed by atoms with van der Waals surface area (Å²) >= 11 is 0. The Morgan fingerprint density at radius 1 is 1.36 bits per heavy atom. The number of nitrogens with zero attached hydrogens (tertiary/aromatic N) is 2.